The predicted molar refractivity (Wildman–Crippen MR) is 91.1 cm³/mol. The zero-order valence-corrected chi connectivity index (χ0v) is 13.8. The van der Waals surface area contributed by atoms with E-state index >= 15 is 0 Å². The fourth-order valence-electron chi connectivity index (χ4n) is 2.09. The van der Waals surface area contributed by atoms with Crippen LogP contribution in [0.5, 0.6) is 0 Å². The van der Waals surface area contributed by atoms with Crippen LogP contribution in [-0.2, 0) is 9.53 Å². The Morgan fingerprint density at radius 2 is 1.67 bits per heavy atom. The molecule has 1 atom stereocenters. The Labute approximate surface area is 140 Å². The maximum Gasteiger partial charge on any atom is 0.338 e. The Bertz CT molecular complexity index is 765. The molecule has 5 heteroatoms. The molecule has 0 unspecified atom stereocenters. The number of benzene rings is 2. The number of amides is 1. The van der Waals surface area contributed by atoms with Crippen molar-refractivity contribution in [1.82, 2.24) is 0 Å². The van der Waals surface area contributed by atoms with Crippen LogP contribution in [0.3, 0.4) is 0 Å². The predicted octanol–water partition coefficient (Wildman–Crippen LogP) is 3.38. The van der Waals surface area contributed by atoms with Crippen molar-refractivity contribution in [2.75, 3.05) is 5.32 Å². The number of Topliss-reactive ketones (excluding diaryl/α,β-unsaturated/α-hetero) is 1. The molecule has 5 nitrogen and oxygen atoms in total. The molecule has 124 valence electrons. The van der Waals surface area contributed by atoms with Crippen molar-refractivity contribution in [1.29, 1.82) is 0 Å². The summed E-state index contributed by atoms with van der Waals surface area (Å²) in [5.41, 5.74) is 2.43. The topological polar surface area (TPSA) is 72.5 Å². The summed E-state index contributed by atoms with van der Waals surface area (Å²) < 4.78 is 5.18. The number of hydrogen-bond donors (Lipinski definition) is 1. The van der Waals surface area contributed by atoms with Gasteiger partial charge in [0, 0.05) is 11.3 Å². The number of esters is 1. The van der Waals surface area contributed by atoms with Gasteiger partial charge in [0.2, 0.25) is 0 Å². The third-order valence-electron chi connectivity index (χ3n) is 3.47. The van der Waals surface area contributed by atoms with Crippen LogP contribution in [0.15, 0.2) is 48.5 Å². The first-order chi connectivity index (χ1) is 11.4. The van der Waals surface area contributed by atoms with Gasteiger partial charge in [-0.05, 0) is 57.2 Å². The van der Waals surface area contributed by atoms with E-state index in [0.717, 1.165) is 5.56 Å². The number of hydrogen-bond acceptors (Lipinski definition) is 4. The summed E-state index contributed by atoms with van der Waals surface area (Å²) in [5.74, 6) is -1.03. The Hall–Kier alpha value is -2.95. The number of ether oxygens (including phenoxy) is 1. The van der Waals surface area contributed by atoms with E-state index < -0.39 is 18.0 Å². The second-order valence-electron chi connectivity index (χ2n) is 5.54. The second-order valence-corrected chi connectivity index (χ2v) is 5.54. The smallest absolute Gasteiger partial charge is 0.338 e. The molecule has 0 aliphatic rings. The van der Waals surface area contributed by atoms with Crippen molar-refractivity contribution >= 4 is 23.3 Å². The number of anilines is 1. The van der Waals surface area contributed by atoms with Gasteiger partial charge in [-0.25, -0.2) is 4.79 Å². The lowest BCUT2D eigenvalue weighted by atomic mass is 10.1. The van der Waals surface area contributed by atoms with Crippen molar-refractivity contribution in [3.8, 4) is 0 Å². The minimum atomic E-state index is -0.939. The van der Waals surface area contributed by atoms with E-state index in [1.54, 1.807) is 42.5 Å². The molecule has 0 radical (unpaired) electrons. The lowest BCUT2D eigenvalue weighted by molar-refractivity contribution is -0.123. The fourth-order valence-corrected chi connectivity index (χ4v) is 2.09. The maximum atomic E-state index is 12.1. The van der Waals surface area contributed by atoms with E-state index in [4.69, 9.17) is 4.74 Å². The molecule has 0 aromatic heterocycles. The standard InChI is InChI=1S/C19H19NO4/c1-12-5-4-6-16(11-12)19(23)24-14(3)18(22)20-17-9-7-15(8-10-17)13(2)21/h4-11,14H,1-3H3,(H,20,22)/t14-/m0/s1. The van der Waals surface area contributed by atoms with Crippen molar-refractivity contribution in [2.45, 2.75) is 26.9 Å². The first-order valence-corrected chi connectivity index (χ1v) is 7.56. The van der Waals surface area contributed by atoms with Crippen molar-refractivity contribution in [3.63, 3.8) is 0 Å². The largest absolute Gasteiger partial charge is 0.449 e. The highest BCUT2D eigenvalue weighted by Crippen LogP contribution is 2.12. The molecule has 1 amide bonds. The highest BCUT2D eigenvalue weighted by molar-refractivity contribution is 5.98. The van der Waals surface area contributed by atoms with Crippen LogP contribution in [-0.4, -0.2) is 23.8 Å². The molecule has 0 saturated carbocycles. The number of carbonyl (C=O) groups excluding carboxylic acids is 3. The van der Waals surface area contributed by atoms with Crippen LogP contribution >= 0.6 is 0 Å². The lowest BCUT2D eigenvalue weighted by Crippen LogP contribution is -2.30. The molecule has 0 aliphatic heterocycles. The Morgan fingerprint density at radius 3 is 2.25 bits per heavy atom. The van der Waals surface area contributed by atoms with Crippen LogP contribution in [0.25, 0.3) is 0 Å². The minimum absolute atomic E-state index is 0.0478. The molecule has 0 saturated heterocycles. The maximum absolute atomic E-state index is 12.1. The van der Waals surface area contributed by atoms with Crippen LogP contribution in [0.1, 0.15) is 40.1 Å². The summed E-state index contributed by atoms with van der Waals surface area (Å²) in [5, 5.41) is 2.65. The average Bonchev–Trinajstić information content (AvgIpc) is 2.55. The molecular formula is C19H19NO4. The molecule has 0 aliphatic carbocycles. The van der Waals surface area contributed by atoms with Crippen molar-refractivity contribution in [3.05, 3.63) is 65.2 Å². The third-order valence-corrected chi connectivity index (χ3v) is 3.47. The Morgan fingerprint density at radius 1 is 1.00 bits per heavy atom. The SMILES string of the molecule is CC(=O)c1ccc(NC(=O)[C@H](C)OC(=O)c2cccc(C)c2)cc1. The summed E-state index contributed by atoms with van der Waals surface area (Å²) in [4.78, 5) is 35.4. The van der Waals surface area contributed by atoms with Crippen LogP contribution in [0.4, 0.5) is 5.69 Å². The van der Waals surface area contributed by atoms with Gasteiger partial charge in [-0.2, -0.15) is 0 Å². The normalized spacial score (nSPS) is 11.5. The summed E-state index contributed by atoms with van der Waals surface area (Å²) in [7, 11) is 0. The van der Waals surface area contributed by atoms with Gasteiger partial charge >= 0.3 is 5.97 Å². The summed E-state index contributed by atoms with van der Waals surface area (Å²) in [6, 6.07) is 13.5. The minimum Gasteiger partial charge on any atom is -0.449 e. The molecule has 0 spiro atoms. The van der Waals surface area contributed by atoms with Gasteiger partial charge < -0.3 is 10.1 Å². The number of aryl methyl sites for hydroxylation is 1. The quantitative estimate of drug-likeness (QED) is 0.675. The fraction of sp³-hybridized carbons (Fsp3) is 0.211. The lowest BCUT2D eigenvalue weighted by Gasteiger charge is -2.14. The monoisotopic (exact) mass is 325 g/mol. The Balaban J connectivity index is 1.96. The molecular weight excluding hydrogens is 306 g/mol. The van der Waals surface area contributed by atoms with E-state index in [-0.39, 0.29) is 5.78 Å². The zero-order valence-electron chi connectivity index (χ0n) is 13.8. The van der Waals surface area contributed by atoms with Gasteiger partial charge in [0.1, 0.15) is 0 Å². The molecule has 2 rings (SSSR count). The highest BCUT2D eigenvalue weighted by atomic mass is 16.5. The van der Waals surface area contributed by atoms with Gasteiger partial charge in [-0.15, -0.1) is 0 Å². The van der Waals surface area contributed by atoms with Crippen LogP contribution < -0.4 is 5.32 Å². The molecule has 0 bridgehead atoms. The first kappa shape index (κ1) is 17.4. The number of rotatable bonds is 5. The van der Waals surface area contributed by atoms with Crippen LogP contribution in [0, 0.1) is 6.92 Å². The number of ketones is 1. The van der Waals surface area contributed by atoms with E-state index in [2.05, 4.69) is 5.32 Å². The summed E-state index contributed by atoms with van der Waals surface area (Å²) in [6.45, 7) is 4.85. The van der Waals surface area contributed by atoms with E-state index in [0.29, 0.717) is 16.8 Å². The van der Waals surface area contributed by atoms with E-state index in [1.807, 2.05) is 13.0 Å². The molecule has 2 aromatic carbocycles. The van der Waals surface area contributed by atoms with E-state index in [1.165, 1.54) is 13.8 Å². The zero-order chi connectivity index (χ0) is 17.7. The summed E-state index contributed by atoms with van der Waals surface area (Å²) in [6.07, 6.45) is -0.939. The highest BCUT2D eigenvalue weighted by Gasteiger charge is 2.19. The van der Waals surface area contributed by atoms with Crippen molar-refractivity contribution in [2.24, 2.45) is 0 Å². The molecule has 24 heavy (non-hydrogen) atoms. The van der Waals surface area contributed by atoms with Gasteiger partial charge in [-0.3, -0.25) is 9.59 Å². The van der Waals surface area contributed by atoms with Gasteiger partial charge in [0.05, 0.1) is 5.56 Å². The number of carbonyl (C=O) groups is 3. The van der Waals surface area contributed by atoms with Gasteiger partial charge in [0.15, 0.2) is 11.9 Å². The van der Waals surface area contributed by atoms with Crippen LogP contribution in [0.2, 0.25) is 0 Å². The van der Waals surface area contributed by atoms with Crippen molar-refractivity contribution < 1.29 is 19.1 Å². The first-order valence-electron chi connectivity index (χ1n) is 7.56. The molecule has 2 aromatic rings. The summed E-state index contributed by atoms with van der Waals surface area (Å²) >= 11 is 0. The molecule has 0 fully saturated rings. The third kappa shape index (κ3) is 4.52. The number of nitrogens with one attached hydrogen (secondary N) is 1. The van der Waals surface area contributed by atoms with Gasteiger partial charge in [0.25, 0.3) is 5.91 Å². The molecule has 1 N–H and O–H groups in total. The van der Waals surface area contributed by atoms with E-state index in [9.17, 15) is 14.4 Å². The Kier molecular flexibility index (Phi) is 5.47. The average molecular weight is 325 g/mol. The van der Waals surface area contributed by atoms with Gasteiger partial charge in [-0.1, -0.05) is 17.7 Å². The molecule has 0 heterocycles. The second kappa shape index (κ2) is 7.55.